The molecule has 2 heterocycles. The van der Waals surface area contributed by atoms with Gasteiger partial charge in [-0.05, 0) is 25.0 Å². The molecule has 0 amide bonds. The van der Waals surface area contributed by atoms with Gasteiger partial charge in [-0.2, -0.15) is 0 Å². The van der Waals surface area contributed by atoms with Gasteiger partial charge in [0, 0.05) is 5.92 Å². The number of imidazole rings is 1. The highest BCUT2D eigenvalue weighted by molar-refractivity contribution is 5.72. The molecule has 2 aromatic rings. The zero-order chi connectivity index (χ0) is 11.0. The van der Waals surface area contributed by atoms with E-state index in [4.69, 9.17) is 5.73 Å². The van der Waals surface area contributed by atoms with Crippen LogP contribution in [0.2, 0.25) is 0 Å². The van der Waals surface area contributed by atoms with Crippen molar-refractivity contribution in [2.75, 3.05) is 5.73 Å². The third-order valence-electron chi connectivity index (χ3n) is 3.38. The summed E-state index contributed by atoms with van der Waals surface area (Å²) in [4.78, 5) is 12.1. The minimum absolute atomic E-state index is 0.536. The Labute approximate surface area is 94.3 Å². The summed E-state index contributed by atoms with van der Waals surface area (Å²) in [6.07, 6.45) is 6.49. The van der Waals surface area contributed by atoms with Crippen LogP contribution in [0.15, 0.2) is 12.1 Å². The molecule has 0 spiro atoms. The van der Waals surface area contributed by atoms with E-state index in [9.17, 15) is 0 Å². The van der Waals surface area contributed by atoms with Crippen molar-refractivity contribution in [2.24, 2.45) is 0 Å². The molecule has 0 atom stereocenters. The Balaban J connectivity index is 1.97. The molecule has 4 nitrogen and oxygen atoms in total. The second-order valence-electron chi connectivity index (χ2n) is 4.56. The normalized spacial score (nSPS) is 18.0. The van der Waals surface area contributed by atoms with E-state index in [1.165, 1.54) is 32.1 Å². The summed E-state index contributed by atoms with van der Waals surface area (Å²) in [5.41, 5.74) is 7.39. The number of rotatable bonds is 1. The molecule has 0 aromatic carbocycles. The molecule has 0 unspecified atom stereocenters. The lowest BCUT2D eigenvalue weighted by molar-refractivity contribution is 0.431. The first-order valence-electron chi connectivity index (χ1n) is 5.95. The number of nitrogens with zero attached hydrogens (tertiary/aromatic N) is 2. The number of aromatic nitrogens is 3. The van der Waals surface area contributed by atoms with Crippen LogP contribution >= 0.6 is 0 Å². The van der Waals surface area contributed by atoms with Gasteiger partial charge in [0.2, 0.25) is 0 Å². The first-order chi connectivity index (χ1) is 7.83. The van der Waals surface area contributed by atoms with E-state index >= 15 is 0 Å². The zero-order valence-electron chi connectivity index (χ0n) is 9.24. The number of pyridine rings is 1. The summed E-state index contributed by atoms with van der Waals surface area (Å²) in [7, 11) is 0. The number of H-pyrrole nitrogens is 1. The average molecular weight is 216 g/mol. The van der Waals surface area contributed by atoms with Gasteiger partial charge in [-0.15, -0.1) is 0 Å². The van der Waals surface area contributed by atoms with Gasteiger partial charge >= 0.3 is 0 Å². The number of nitrogens with two attached hydrogens (primary N) is 1. The number of hydrogen-bond donors (Lipinski definition) is 2. The van der Waals surface area contributed by atoms with Crippen molar-refractivity contribution in [3.05, 3.63) is 18.0 Å². The number of nitrogens with one attached hydrogen (secondary N) is 1. The minimum atomic E-state index is 0.536. The summed E-state index contributed by atoms with van der Waals surface area (Å²) in [5.74, 6) is 2.21. The van der Waals surface area contributed by atoms with Crippen molar-refractivity contribution in [2.45, 2.75) is 38.0 Å². The third kappa shape index (κ3) is 1.64. The Morgan fingerprint density at radius 1 is 1.12 bits per heavy atom. The van der Waals surface area contributed by atoms with Crippen molar-refractivity contribution in [3.63, 3.8) is 0 Å². The molecule has 1 fully saturated rings. The number of hydrogen-bond acceptors (Lipinski definition) is 3. The van der Waals surface area contributed by atoms with E-state index in [-0.39, 0.29) is 0 Å². The third-order valence-corrected chi connectivity index (χ3v) is 3.38. The van der Waals surface area contributed by atoms with Crippen LogP contribution in [-0.4, -0.2) is 15.0 Å². The van der Waals surface area contributed by atoms with Crippen LogP contribution in [0.3, 0.4) is 0 Å². The monoisotopic (exact) mass is 216 g/mol. The second-order valence-corrected chi connectivity index (χ2v) is 4.56. The largest absolute Gasteiger partial charge is 0.384 e. The van der Waals surface area contributed by atoms with Crippen LogP contribution in [0.4, 0.5) is 5.82 Å². The maximum Gasteiger partial charge on any atom is 0.179 e. The fraction of sp³-hybridized carbons (Fsp3) is 0.500. The first kappa shape index (κ1) is 9.63. The SMILES string of the molecule is Nc1ccc2[nH]c(C3CCCCC3)nc2n1. The van der Waals surface area contributed by atoms with E-state index < -0.39 is 0 Å². The molecule has 84 valence electrons. The molecule has 0 radical (unpaired) electrons. The van der Waals surface area contributed by atoms with Crippen molar-refractivity contribution in [1.29, 1.82) is 0 Å². The van der Waals surface area contributed by atoms with Crippen LogP contribution in [0.1, 0.15) is 43.8 Å². The molecular formula is C12H16N4. The Bertz CT molecular complexity index is 497. The molecule has 2 aromatic heterocycles. The predicted octanol–water partition coefficient (Wildman–Crippen LogP) is 2.59. The fourth-order valence-corrected chi connectivity index (χ4v) is 2.50. The maximum absolute atomic E-state index is 5.65. The molecule has 3 N–H and O–H groups in total. The molecular weight excluding hydrogens is 200 g/mol. The molecule has 0 aliphatic heterocycles. The number of fused-ring (bicyclic) bond motifs is 1. The average Bonchev–Trinajstić information content (AvgIpc) is 2.73. The van der Waals surface area contributed by atoms with Crippen LogP contribution in [-0.2, 0) is 0 Å². The highest BCUT2D eigenvalue weighted by atomic mass is 15.0. The molecule has 3 rings (SSSR count). The quantitative estimate of drug-likeness (QED) is 0.769. The van der Waals surface area contributed by atoms with Gasteiger partial charge in [-0.3, -0.25) is 0 Å². The Morgan fingerprint density at radius 2 is 1.94 bits per heavy atom. The summed E-state index contributed by atoms with van der Waals surface area (Å²) in [6, 6.07) is 3.77. The lowest BCUT2D eigenvalue weighted by atomic mass is 9.89. The standard InChI is InChI=1S/C12H16N4/c13-10-7-6-9-12(15-10)16-11(14-9)8-4-2-1-3-5-8/h6-8H,1-5H2,(H3,13,14,15,16). The minimum Gasteiger partial charge on any atom is -0.384 e. The van der Waals surface area contributed by atoms with Gasteiger partial charge in [0.25, 0.3) is 0 Å². The van der Waals surface area contributed by atoms with Crippen LogP contribution in [0.25, 0.3) is 11.2 Å². The van der Waals surface area contributed by atoms with Gasteiger partial charge in [0.15, 0.2) is 5.65 Å². The molecule has 16 heavy (non-hydrogen) atoms. The van der Waals surface area contributed by atoms with E-state index in [2.05, 4.69) is 15.0 Å². The first-order valence-corrected chi connectivity index (χ1v) is 5.95. The molecule has 1 saturated carbocycles. The molecule has 1 aliphatic rings. The van der Waals surface area contributed by atoms with E-state index in [0.717, 1.165) is 17.0 Å². The van der Waals surface area contributed by atoms with Crippen molar-refractivity contribution >= 4 is 17.0 Å². The zero-order valence-corrected chi connectivity index (χ0v) is 9.24. The molecule has 1 aliphatic carbocycles. The van der Waals surface area contributed by atoms with Crippen LogP contribution in [0, 0.1) is 0 Å². The van der Waals surface area contributed by atoms with Crippen LogP contribution in [0.5, 0.6) is 0 Å². The Hall–Kier alpha value is -1.58. The van der Waals surface area contributed by atoms with E-state index in [1.807, 2.05) is 12.1 Å². The molecule has 4 heteroatoms. The van der Waals surface area contributed by atoms with Gasteiger partial charge in [-0.1, -0.05) is 19.3 Å². The lowest BCUT2D eigenvalue weighted by Crippen LogP contribution is -2.05. The number of aromatic amines is 1. The van der Waals surface area contributed by atoms with Crippen molar-refractivity contribution < 1.29 is 0 Å². The van der Waals surface area contributed by atoms with E-state index in [1.54, 1.807) is 0 Å². The number of nitrogen functional groups attached to an aromatic ring is 1. The topological polar surface area (TPSA) is 67.6 Å². The molecule has 0 saturated heterocycles. The van der Waals surface area contributed by atoms with Gasteiger partial charge in [-0.25, -0.2) is 9.97 Å². The van der Waals surface area contributed by atoms with E-state index in [0.29, 0.717) is 11.7 Å². The molecule has 0 bridgehead atoms. The highest BCUT2D eigenvalue weighted by Crippen LogP contribution is 2.31. The summed E-state index contributed by atoms with van der Waals surface area (Å²) >= 11 is 0. The second kappa shape index (κ2) is 3.77. The smallest absolute Gasteiger partial charge is 0.179 e. The van der Waals surface area contributed by atoms with Gasteiger partial charge in [0.1, 0.15) is 11.6 Å². The number of anilines is 1. The predicted molar refractivity (Wildman–Crippen MR) is 64.1 cm³/mol. The van der Waals surface area contributed by atoms with Gasteiger partial charge < -0.3 is 10.7 Å². The van der Waals surface area contributed by atoms with Crippen molar-refractivity contribution in [3.8, 4) is 0 Å². The fourth-order valence-electron chi connectivity index (χ4n) is 2.50. The lowest BCUT2D eigenvalue weighted by Gasteiger charge is -2.18. The van der Waals surface area contributed by atoms with Gasteiger partial charge in [0.05, 0.1) is 5.52 Å². The van der Waals surface area contributed by atoms with Crippen molar-refractivity contribution in [1.82, 2.24) is 15.0 Å². The van der Waals surface area contributed by atoms with Crippen LogP contribution < -0.4 is 5.73 Å². The maximum atomic E-state index is 5.65. The summed E-state index contributed by atoms with van der Waals surface area (Å²) in [5, 5.41) is 0. The highest BCUT2D eigenvalue weighted by Gasteiger charge is 2.18. The Morgan fingerprint density at radius 3 is 2.75 bits per heavy atom. The summed E-state index contributed by atoms with van der Waals surface area (Å²) in [6.45, 7) is 0. The summed E-state index contributed by atoms with van der Waals surface area (Å²) < 4.78 is 0. The Kier molecular flexibility index (Phi) is 2.27.